The van der Waals surface area contributed by atoms with Crippen LogP contribution in [0.5, 0.6) is 5.75 Å². The lowest BCUT2D eigenvalue weighted by Gasteiger charge is -2.23. The zero-order valence-electron chi connectivity index (χ0n) is 27.5. The van der Waals surface area contributed by atoms with E-state index in [0.29, 0.717) is 5.56 Å². The summed E-state index contributed by atoms with van der Waals surface area (Å²) in [5.41, 5.74) is 14.2. The minimum atomic E-state index is -4.41. The van der Waals surface area contributed by atoms with Gasteiger partial charge in [-0.15, -0.1) is 0 Å². The Kier molecular flexibility index (Phi) is 12.8. The van der Waals surface area contributed by atoms with Gasteiger partial charge in [0.15, 0.2) is 0 Å². The number of H-pyrrole nitrogens is 1. The first kappa shape index (κ1) is 38.2. The number of phosphoric acid groups is 1. The molecule has 1 aliphatic heterocycles. The number of benzene rings is 1. The van der Waals surface area contributed by atoms with E-state index in [0.717, 1.165) is 0 Å². The topological polar surface area (TPSA) is 227 Å². The Hall–Kier alpha value is -3.30. The molecule has 0 spiro atoms. The molecule has 1 aromatic carbocycles. The summed E-state index contributed by atoms with van der Waals surface area (Å²) in [5.74, 6) is -0.404. The third kappa shape index (κ3) is 11.4. The van der Waals surface area contributed by atoms with Crippen LogP contribution in [0.25, 0.3) is 10.4 Å². The third-order valence-corrected chi connectivity index (χ3v) is 10.1. The highest BCUT2D eigenvalue weighted by Gasteiger charge is 2.40. The standard InChI is InChI=1S/C29H43N6O10PS/c1-18-16-35(27(38)32-25(18)36)24-15-22(33-34-31)23(43-24)17-42-46(39,41-12-13-47(40)29(5,6)7)45-20-10-8-19(9-11-20)14-21(30)26(37)44-28(2,3)4/h8-11,16,21-24H,12-15,17,30H2,1-7H3,(H,32,36,38)/t21-,22+,23-,24-,46?,47?/m1/s1. The molecule has 1 saturated heterocycles. The second-order valence-corrected chi connectivity index (χ2v) is 16.9. The Bertz CT molecular complexity index is 1640. The highest BCUT2D eigenvalue weighted by molar-refractivity contribution is 7.86. The number of ether oxygens (including phenoxy) is 2. The van der Waals surface area contributed by atoms with Crippen molar-refractivity contribution in [1.29, 1.82) is 0 Å². The molecule has 1 aliphatic rings. The molecule has 18 heteroatoms. The summed E-state index contributed by atoms with van der Waals surface area (Å²) in [6.07, 6.45) is -0.323. The average molecular weight is 699 g/mol. The van der Waals surface area contributed by atoms with Gasteiger partial charge < -0.3 is 19.7 Å². The van der Waals surface area contributed by atoms with Crippen LogP contribution in [0.15, 0.2) is 45.2 Å². The van der Waals surface area contributed by atoms with Crippen molar-refractivity contribution in [2.45, 2.75) is 96.1 Å². The Balaban J connectivity index is 1.77. The number of phosphoric ester groups is 1. The Morgan fingerprint density at radius 1 is 1.21 bits per heavy atom. The maximum atomic E-state index is 13.9. The van der Waals surface area contributed by atoms with E-state index in [1.54, 1.807) is 53.7 Å². The Morgan fingerprint density at radius 3 is 2.47 bits per heavy atom. The minimum Gasteiger partial charge on any atom is -0.459 e. The summed E-state index contributed by atoms with van der Waals surface area (Å²) in [6, 6.07) is 4.52. The molecule has 0 saturated carbocycles. The normalized spacial score (nSPS) is 20.9. The largest absolute Gasteiger partial charge is 0.530 e. The van der Waals surface area contributed by atoms with Crippen LogP contribution in [-0.2, 0) is 45.1 Å². The molecule has 6 atom stereocenters. The van der Waals surface area contributed by atoms with Crippen molar-refractivity contribution in [3.63, 3.8) is 0 Å². The number of nitrogens with zero attached hydrogens (tertiary/aromatic N) is 4. The van der Waals surface area contributed by atoms with Crippen molar-refractivity contribution in [2.24, 2.45) is 10.8 Å². The molecule has 2 heterocycles. The van der Waals surface area contributed by atoms with E-state index < -0.39 is 77.2 Å². The maximum absolute atomic E-state index is 13.9. The van der Waals surface area contributed by atoms with E-state index in [4.69, 9.17) is 34.3 Å². The molecular formula is C29H43N6O10PS. The molecule has 0 bridgehead atoms. The van der Waals surface area contributed by atoms with Crippen molar-refractivity contribution in [3.05, 3.63) is 72.9 Å². The number of carbonyl (C=O) groups is 1. The fraction of sp³-hybridized carbons (Fsp3) is 0.621. The number of nitrogens with two attached hydrogens (primary N) is 1. The fourth-order valence-corrected chi connectivity index (χ4v) is 6.51. The minimum absolute atomic E-state index is 0.0412. The first-order valence-electron chi connectivity index (χ1n) is 14.9. The first-order valence-corrected chi connectivity index (χ1v) is 17.6. The summed E-state index contributed by atoms with van der Waals surface area (Å²) in [4.78, 5) is 41.6. The maximum Gasteiger partial charge on any atom is 0.530 e. The van der Waals surface area contributed by atoms with Gasteiger partial charge in [-0.2, -0.15) is 0 Å². The van der Waals surface area contributed by atoms with Gasteiger partial charge in [0.1, 0.15) is 23.6 Å². The predicted molar refractivity (Wildman–Crippen MR) is 174 cm³/mol. The zero-order chi connectivity index (χ0) is 35.2. The lowest BCUT2D eigenvalue weighted by molar-refractivity contribution is -0.156. The molecular weight excluding hydrogens is 655 g/mol. The van der Waals surface area contributed by atoms with Crippen molar-refractivity contribution in [3.8, 4) is 5.75 Å². The molecule has 2 unspecified atom stereocenters. The number of aryl methyl sites for hydroxylation is 1. The number of hydrogen-bond donors (Lipinski definition) is 2. The molecule has 1 aromatic heterocycles. The van der Waals surface area contributed by atoms with E-state index in [2.05, 4.69) is 15.0 Å². The number of azide groups is 1. The number of carbonyl (C=O) groups excluding carboxylic acids is 1. The van der Waals surface area contributed by atoms with Gasteiger partial charge in [0.05, 0.1) is 25.4 Å². The van der Waals surface area contributed by atoms with Gasteiger partial charge in [-0.3, -0.25) is 32.4 Å². The summed E-state index contributed by atoms with van der Waals surface area (Å²) >= 11 is 0. The molecule has 3 N–H and O–H groups in total. The molecule has 0 amide bonds. The average Bonchev–Trinajstić information content (AvgIpc) is 3.36. The molecule has 0 radical (unpaired) electrons. The van der Waals surface area contributed by atoms with Gasteiger partial charge in [-0.25, -0.2) is 9.36 Å². The molecule has 2 aromatic rings. The highest BCUT2D eigenvalue weighted by atomic mass is 32.2. The molecule has 3 rings (SSSR count). The smallest absolute Gasteiger partial charge is 0.459 e. The molecule has 47 heavy (non-hydrogen) atoms. The predicted octanol–water partition coefficient (Wildman–Crippen LogP) is 3.79. The number of nitrogens with one attached hydrogen (secondary N) is 1. The van der Waals surface area contributed by atoms with Crippen LogP contribution in [-0.4, -0.2) is 67.2 Å². The van der Waals surface area contributed by atoms with Gasteiger partial charge >= 0.3 is 19.5 Å². The van der Waals surface area contributed by atoms with Crippen LogP contribution in [0.2, 0.25) is 0 Å². The summed E-state index contributed by atoms with van der Waals surface area (Å²) in [7, 11) is -5.74. The van der Waals surface area contributed by atoms with E-state index in [1.165, 1.54) is 29.8 Å². The quantitative estimate of drug-likeness (QED) is 0.0948. The van der Waals surface area contributed by atoms with Gasteiger partial charge in [0, 0.05) is 44.4 Å². The van der Waals surface area contributed by atoms with E-state index >= 15 is 0 Å². The molecule has 1 fully saturated rings. The monoisotopic (exact) mass is 698 g/mol. The summed E-state index contributed by atoms with van der Waals surface area (Å²) in [5, 5.41) is 3.75. The Morgan fingerprint density at radius 2 is 1.87 bits per heavy atom. The van der Waals surface area contributed by atoms with Crippen molar-refractivity contribution >= 4 is 24.6 Å². The van der Waals surface area contributed by atoms with Crippen LogP contribution in [0.1, 0.15) is 65.3 Å². The number of esters is 1. The van der Waals surface area contributed by atoms with Gasteiger partial charge in [0.25, 0.3) is 5.56 Å². The van der Waals surface area contributed by atoms with Gasteiger partial charge in [0.2, 0.25) is 0 Å². The first-order chi connectivity index (χ1) is 21.8. The van der Waals surface area contributed by atoms with Crippen molar-refractivity contribution in [2.75, 3.05) is 19.0 Å². The number of aromatic nitrogens is 2. The van der Waals surface area contributed by atoms with E-state index in [9.17, 15) is 23.2 Å². The highest BCUT2D eigenvalue weighted by Crippen LogP contribution is 2.50. The van der Waals surface area contributed by atoms with Crippen LogP contribution in [0.3, 0.4) is 0 Å². The van der Waals surface area contributed by atoms with Crippen LogP contribution in [0.4, 0.5) is 0 Å². The van der Waals surface area contributed by atoms with Crippen LogP contribution >= 0.6 is 7.82 Å². The number of aromatic amines is 1. The summed E-state index contributed by atoms with van der Waals surface area (Å²) in [6.45, 7) is 11.5. The number of hydrogen-bond acceptors (Lipinski definition) is 12. The SMILES string of the molecule is Cc1cn([C@H]2C[C@H](N=[N+]=[N-])[C@@H](COP(=O)(OCCS(=O)C(C)(C)C)Oc3ccc(C[C@@H](N)C(=O)OC(C)(C)C)cc3)O2)c(=O)[nH]c1=O. The molecule has 16 nitrogen and oxygen atoms in total. The zero-order valence-corrected chi connectivity index (χ0v) is 29.2. The van der Waals surface area contributed by atoms with E-state index in [-0.39, 0.29) is 36.5 Å². The summed E-state index contributed by atoms with van der Waals surface area (Å²) < 4.78 is 55.3. The van der Waals surface area contributed by atoms with Crippen LogP contribution < -0.4 is 21.5 Å². The Labute approximate surface area is 275 Å². The molecule has 0 aliphatic carbocycles. The van der Waals surface area contributed by atoms with Crippen molar-refractivity contribution in [1.82, 2.24) is 9.55 Å². The van der Waals surface area contributed by atoms with E-state index in [1.807, 2.05) is 0 Å². The van der Waals surface area contributed by atoms with Gasteiger partial charge in [-0.1, -0.05) is 17.2 Å². The third-order valence-electron chi connectivity index (χ3n) is 6.76. The lowest BCUT2D eigenvalue weighted by Crippen LogP contribution is -2.38. The second-order valence-electron chi connectivity index (χ2n) is 12.9. The van der Waals surface area contributed by atoms with Crippen LogP contribution in [0, 0.1) is 6.92 Å². The van der Waals surface area contributed by atoms with Gasteiger partial charge in [-0.05, 0) is 78.1 Å². The second kappa shape index (κ2) is 15.7. The lowest BCUT2D eigenvalue weighted by atomic mass is 10.1. The number of rotatable bonds is 14. The molecule has 260 valence electrons. The van der Waals surface area contributed by atoms with Crippen molar-refractivity contribution < 1.29 is 36.6 Å². The fourth-order valence-electron chi connectivity index (χ4n) is 4.34.